The molecule has 0 spiro atoms. The fourth-order valence-corrected chi connectivity index (χ4v) is 6.22. The van der Waals surface area contributed by atoms with Crippen molar-refractivity contribution < 1.29 is 14.6 Å². The molecule has 3 heterocycles. The molecule has 2 N–H and O–H groups in total. The summed E-state index contributed by atoms with van der Waals surface area (Å²) in [4.78, 5) is 25.7. The fourth-order valence-electron chi connectivity index (χ4n) is 4.00. The van der Waals surface area contributed by atoms with Crippen LogP contribution >= 0.6 is 23.1 Å². The highest BCUT2D eigenvalue weighted by Crippen LogP contribution is 2.34. The third kappa shape index (κ3) is 8.99. The number of nitrogens with zero attached hydrogens (tertiary/aromatic N) is 4. The Balaban J connectivity index is 1.55. The number of morpholine rings is 1. The number of ether oxygens (including phenoxy) is 1. The highest BCUT2D eigenvalue weighted by Gasteiger charge is 2.30. The number of nitrogens with one attached hydrogen (secondary N) is 1. The van der Waals surface area contributed by atoms with E-state index in [0.29, 0.717) is 6.54 Å². The number of carbonyl (C=O) groups is 1. The maximum absolute atomic E-state index is 11.4. The van der Waals surface area contributed by atoms with Crippen LogP contribution in [0.15, 0.2) is 26.6 Å². The Labute approximate surface area is 218 Å². The molecule has 0 saturated carbocycles. The lowest BCUT2D eigenvalue weighted by atomic mass is 10.1. The first kappa shape index (κ1) is 27.8. The average Bonchev–Trinajstić information content (AvgIpc) is 3.30. The lowest BCUT2D eigenvalue weighted by Gasteiger charge is -2.34. The van der Waals surface area contributed by atoms with E-state index in [2.05, 4.69) is 33.6 Å². The van der Waals surface area contributed by atoms with Crippen molar-refractivity contribution in [1.82, 2.24) is 20.1 Å². The topological polar surface area (TPSA) is 90.3 Å². The van der Waals surface area contributed by atoms with Gasteiger partial charge in [0, 0.05) is 44.2 Å². The molecule has 0 bridgehead atoms. The predicted molar refractivity (Wildman–Crippen MR) is 144 cm³/mol. The molecule has 1 aromatic heterocycles. The minimum atomic E-state index is -0.885. The highest BCUT2D eigenvalue weighted by molar-refractivity contribution is 8.02. The van der Waals surface area contributed by atoms with Crippen LogP contribution in [-0.4, -0.2) is 82.5 Å². The van der Waals surface area contributed by atoms with Crippen LogP contribution in [-0.2, 0) is 16.0 Å². The van der Waals surface area contributed by atoms with Crippen LogP contribution in [0.25, 0.3) is 0 Å². The van der Waals surface area contributed by atoms with E-state index in [4.69, 9.17) is 14.7 Å². The van der Waals surface area contributed by atoms with Gasteiger partial charge in [-0.05, 0) is 20.3 Å². The number of aliphatic imine (C=N–C) groups is 1. The summed E-state index contributed by atoms with van der Waals surface area (Å²) in [6.45, 7) is 11.6. The van der Waals surface area contributed by atoms with E-state index in [1.54, 1.807) is 13.8 Å². The Bertz CT molecular complexity index is 865. The summed E-state index contributed by atoms with van der Waals surface area (Å²) >= 11 is 2.84. The number of thiazole rings is 1. The van der Waals surface area contributed by atoms with Gasteiger partial charge in [-0.15, -0.1) is 11.3 Å². The van der Waals surface area contributed by atoms with Crippen molar-refractivity contribution in [3.8, 4) is 0 Å². The number of aliphatic carboxylic acids is 1. The normalized spacial score (nSPS) is 16.5. The first-order valence-corrected chi connectivity index (χ1v) is 14.5. The SMILES string of the molecule is CCCCCCCCN(CCc1csc(SC(C)(C)C(=O)O)n1)C1=NCC(N2CCOCC2)=CN1. The number of rotatable bonds is 14. The highest BCUT2D eigenvalue weighted by atomic mass is 32.2. The monoisotopic (exact) mass is 523 g/mol. The molecule has 1 aromatic rings. The summed E-state index contributed by atoms with van der Waals surface area (Å²) in [5.41, 5.74) is 2.23. The zero-order chi connectivity index (χ0) is 25.1. The molecule has 10 heteroatoms. The minimum absolute atomic E-state index is 0.692. The summed E-state index contributed by atoms with van der Waals surface area (Å²) in [5, 5.41) is 14.9. The summed E-state index contributed by atoms with van der Waals surface area (Å²) in [5.74, 6) is 0.114. The molecule has 2 aliphatic heterocycles. The van der Waals surface area contributed by atoms with E-state index >= 15 is 0 Å². The van der Waals surface area contributed by atoms with Crippen molar-refractivity contribution in [2.45, 2.75) is 74.8 Å². The molecule has 0 atom stereocenters. The molecule has 196 valence electrons. The van der Waals surface area contributed by atoms with Gasteiger partial charge in [-0.1, -0.05) is 50.8 Å². The molecule has 0 aliphatic carbocycles. The second-order valence-corrected chi connectivity index (χ2v) is 12.3. The molecule has 1 saturated heterocycles. The minimum Gasteiger partial charge on any atom is -0.480 e. The van der Waals surface area contributed by atoms with Crippen LogP contribution in [0.4, 0.5) is 0 Å². The quantitative estimate of drug-likeness (QED) is 0.273. The number of aromatic nitrogens is 1. The lowest BCUT2D eigenvalue weighted by Crippen LogP contribution is -2.45. The van der Waals surface area contributed by atoms with E-state index < -0.39 is 10.7 Å². The van der Waals surface area contributed by atoms with Crippen LogP contribution in [0.1, 0.15) is 65.0 Å². The van der Waals surface area contributed by atoms with Gasteiger partial charge in [0.05, 0.1) is 31.1 Å². The Morgan fingerprint density at radius 3 is 2.66 bits per heavy atom. The van der Waals surface area contributed by atoms with Gasteiger partial charge in [-0.25, -0.2) is 9.98 Å². The zero-order valence-corrected chi connectivity index (χ0v) is 23.1. The van der Waals surface area contributed by atoms with Gasteiger partial charge in [-0.2, -0.15) is 0 Å². The Morgan fingerprint density at radius 1 is 1.23 bits per heavy atom. The number of thioether (sulfide) groups is 1. The van der Waals surface area contributed by atoms with Gasteiger partial charge >= 0.3 is 5.97 Å². The summed E-state index contributed by atoms with van der Waals surface area (Å²) in [6.07, 6.45) is 10.5. The van der Waals surface area contributed by atoms with E-state index in [1.807, 2.05) is 0 Å². The van der Waals surface area contributed by atoms with Crippen molar-refractivity contribution in [3.05, 3.63) is 23.0 Å². The molecule has 1 fully saturated rings. The molecular formula is C25H41N5O3S2. The van der Waals surface area contributed by atoms with Crippen LogP contribution in [0.5, 0.6) is 0 Å². The number of carboxylic acid groups (broad SMARTS) is 1. The maximum Gasteiger partial charge on any atom is 0.319 e. The molecule has 8 nitrogen and oxygen atoms in total. The number of hydrogen-bond donors (Lipinski definition) is 2. The van der Waals surface area contributed by atoms with Crippen LogP contribution in [0, 0.1) is 0 Å². The Morgan fingerprint density at radius 2 is 1.97 bits per heavy atom. The molecule has 2 aliphatic rings. The van der Waals surface area contributed by atoms with Crippen molar-refractivity contribution >= 4 is 35.0 Å². The van der Waals surface area contributed by atoms with Crippen molar-refractivity contribution in [1.29, 1.82) is 0 Å². The number of carboxylic acids is 1. The Kier molecular flexibility index (Phi) is 11.2. The number of unbranched alkanes of at least 4 members (excludes halogenated alkanes) is 5. The molecule has 0 unspecified atom stereocenters. The van der Waals surface area contributed by atoms with E-state index in [1.165, 1.54) is 60.9 Å². The van der Waals surface area contributed by atoms with Gasteiger partial charge in [-0.3, -0.25) is 4.79 Å². The van der Waals surface area contributed by atoms with Gasteiger partial charge in [0.1, 0.15) is 4.75 Å². The Hall–Kier alpha value is -1.78. The maximum atomic E-state index is 11.4. The summed E-state index contributed by atoms with van der Waals surface area (Å²) in [6, 6.07) is 0. The number of hydrogen-bond acceptors (Lipinski definition) is 9. The third-order valence-electron chi connectivity index (χ3n) is 6.28. The van der Waals surface area contributed by atoms with Crippen LogP contribution in [0.3, 0.4) is 0 Å². The molecular weight excluding hydrogens is 482 g/mol. The second kappa shape index (κ2) is 14.1. The van der Waals surface area contributed by atoms with Crippen molar-refractivity contribution in [3.63, 3.8) is 0 Å². The molecule has 0 amide bonds. The smallest absolute Gasteiger partial charge is 0.319 e. The standard InChI is InChI=1S/C25H41N5O3S2/c1-4-5-6-7-8-9-11-30(23-26-17-21(18-27-23)29-13-15-33-16-14-29)12-10-20-19-34-24(28-20)35-25(2,3)22(31)32/h17,19H,4-16,18H2,1-3H3,(H,26,27)(H,31,32). The number of guanidine groups is 1. The van der Waals surface area contributed by atoms with E-state index in [-0.39, 0.29) is 0 Å². The second-order valence-electron chi connectivity index (χ2n) is 9.55. The van der Waals surface area contributed by atoms with Crippen molar-refractivity contribution in [2.75, 3.05) is 45.9 Å². The summed E-state index contributed by atoms with van der Waals surface area (Å²) < 4.78 is 5.40. The third-order valence-corrected chi connectivity index (χ3v) is 8.46. The van der Waals surface area contributed by atoms with Gasteiger partial charge in [0.15, 0.2) is 10.3 Å². The van der Waals surface area contributed by atoms with Gasteiger partial charge < -0.3 is 25.0 Å². The molecule has 0 radical (unpaired) electrons. The van der Waals surface area contributed by atoms with Gasteiger partial charge in [0.25, 0.3) is 0 Å². The van der Waals surface area contributed by atoms with Crippen LogP contribution in [0.2, 0.25) is 0 Å². The average molecular weight is 524 g/mol. The van der Waals surface area contributed by atoms with Gasteiger partial charge in [0.2, 0.25) is 0 Å². The van der Waals surface area contributed by atoms with E-state index in [0.717, 1.165) is 68.2 Å². The molecule has 35 heavy (non-hydrogen) atoms. The van der Waals surface area contributed by atoms with E-state index in [9.17, 15) is 9.90 Å². The first-order valence-electron chi connectivity index (χ1n) is 12.8. The zero-order valence-electron chi connectivity index (χ0n) is 21.4. The van der Waals surface area contributed by atoms with Crippen LogP contribution < -0.4 is 5.32 Å². The van der Waals surface area contributed by atoms with Crippen molar-refractivity contribution in [2.24, 2.45) is 4.99 Å². The summed E-state index contributed by atoms with van der Waals surface area (Å²) in [7, 11) is 0. The first-order chi connectivity index (χ1) is 16.9. The molecule has 0 aromatic carbocycles. The fraction of sp³-hybridized carbons (Fsp3) is 0.720. The molecule has 3 rings (SSSR count). The lowest BCUT2D eigenvalue weighted by molar-refractivity contribution is -0.138. The largest absolute Gasteiger partial charge is 0.480 e. The predicted octanol–water partition coefficient (Wildman–Crippen LogP) is 4.44.